The number of nitrogens with one attached hydrogen (secondary N) is 1. The van der Waals surface area contributed by atoms with Gasteiger partial charge in [-0.3, -0.25) is 9.59 Å². The average Bonchev–Trinajstić information content (AvgIpc) is 2.86. The van der Waals surface area contributed by atoms with Crippen molar-refractivity contribution in [3.05, 3.63) is 30.1 Å². The summed E-state index contributed by atoms with van der Waals surface area (Å²) in [5.74, 6) is 0.782. The van der Waals surface area contributed by atoms with Crippen molar-refractivity contribution in [3.8, 4) is 0 Å². The maximum Gasteiger partial charge on any atom is 0.253 e. The average molecular weight is 327 g/mol. The molecule has 126 valence electrons. The Labute approximate surface area is 140 Å². The first-order chi connectivity index (χ1) is 11.6. The summed E-state index contributed by atoms with van der Waals surface area (Å²) in [6, 6.07) is 5.48. The minimum absolute atomic E-state index is 0.0214. The van der Waals surface area contributed by atoms with Crippen LogP contribution in [0.15, 0.2) is 24.5 Å². The lowest BCUT2D eigenvalue weighted by molar-refractivity contribution is -0.128. The SMILES string of the molecule is CNc1ncnc2cc(C(=O)N3CCCN(C(C)=O)CC3)ccc12. The number of fused-ring (bicyclic) bond motifs is 1. The maximum atomic E-state index is 12.8. The van der Waals surface area contributed by atoms with Crippen LogP contribution in [0.1, 0.15) is 23.7 Å². The van der Waals surface area contributed by atoms with Gasteiger partial charge in [0.1, 0.15) is 12.1 Å². The summed E-state index contributed by atoms with van der Waals surface area (Å²) >= 11 is 0. The molecule has 7 heteroatoms. The third-order valence-corrected chi connectivity index (χ3v) is 4.35. The molecule has 2 heterocycles. The van der Waals surface area contributed by atoms with Crippen molar-refractivity contribution in [2.24, 2.45) is 0 Å². The third kappa shape index (κ3) is 3.15. The van der Waals surface area contributed by atoms with Gasteiger partial charge in [-0.1, -0.05) is 0 Å². The molecule has 1 aromatic heterocycles. The largest absolute Gasteiger partial charge is 0.373 e. The molecule has 1 fully saturated rings. The summed E-state index contributed by atoms with van der Waals surface area (Å²) in [5.41, 5.74) is 1.35. The van der Waals surface area contributed by atoms with Gasteiger partial charge in [0.25, 0.3) is 5.91 Å². The number of aromatic nitrogens is 2. The highest BCUT2D eigenvalue weighted by molar-refractivity contribution is 5.99. The molecule has 0 aliphatic carbocycles. The Morgan fingerprint density at radius 2 is 1.83 bits per heavy atom. The Morgan fingerprint density at radius 3 is 2.58 bits per heavy atom. The summed E-state index contributed by atoms with van der Waals surface area (Å²) in [4.78, 5) is 36.3. The Balaban J connectivity index is 1.82. The second-order valence-corrected chi connectivity index (χ2v) is 5.86. The number of benzene rings is 1. The van der Waals surface area contributed by atoms with Crippen LogP contribution < -0.4 is 5.32 Å². The standard InChI is InChI=1S/C17H21N5O2/c1-12(23)21-6-3-7-22(9-8-21)17(24)13-4-5-14-15(10-13)19-11-20-16(14)18-2/h4-5,10-11H,3,6-9H2,1-2H3,(H,18,19,20). The quantitative estimate of drug-likeness (QED) is 0.901. The van der Waals surface area contributed by atoms with Crippen molar-refractivity contribution in [1.29, 1.82) is 0 Å². The zero-order chi connectivity index (χ0) is 17.1. The Hall–Kier alpha value is -2.70. The molecule has 1 N–H and O–H groups in total. The normalized spacial score (nSPS) is 15.2. The lowest BCUT2D eigenvalue weighted by Crippen LogP contribution is -2.36. The van der Waals surface area contributed by atoms with Crippen LogP contribution in [-0.2, 0) is 4.79 Å². The van der Waals surface area contributed by atoms with Crippen LogP contribution in [0.2, 0.25) is 0 Å². The highest BCUT2D eigenvalue weighted by Gasteiger charge is 2.21. The summed E-state index contributed by atoms with van der Waals surface area (Å²) in [7, 11) is 1.80. The smallest absolute Gasteiger partial charge is 0.253 e. The van der Waals surface area contributed by atoms with Gasteiger partial charge in [0.05, 0.1) is 5.52 Å². The predicted molar refractivity (Wildman–Crippen MR) is 91.9 cm³/mol. The minimum Gasteiger partial charge on any atom is -0.373 e. The monoisotopic (exact) mass is 327 g/mol. The summed E-state index contributed by atoms with van der Waals surface area (Å²) in [5, 5.41) is 3.91. The van der Waals surface area contributed by atoms with Crippen molar-refractivity contribution >= 4 is 28.5 Å². The van der Waals surface area contributed by atoms with Crippen LogP contribution >= 0.6 is 0 Å². The molecule has 0 bridgehead atoms. The van der Waals surface area contributed by atoms with Crippen LogP contribution in [0.4, 0.5) is 5.82 Å². The van der Waals surface area contributed by atoms with Gasteiger partial charge in [-0.15, -0.1) is 0 Å². The van der Waals surface area contributed by atoms with E-state index in [0.29, 0.717) is 31.7 Å². The van der Waals surface area contributed by atoms with Gasteiger partial charge in [0.15, 0.2) is 0 Å². The van der Waals surface area contributed by atoms with E-state index in [1.807, 2.05) is 17.0 Å². The van der Waals surface area contributed by atoms with E-state index in [9.17, 15) is 9.59 Å². The fourth-order valence-corrected chi connectivity index (χ4v) is 3.01. The number of hydrogen-bond acceptors (Lipinski definition) is 5. The molecule has 1 aromatic carbocycles. The topological polar surface area (TPSA) is 78.4 Å². The van der Waals surface area contributed by atoms with Gasteiger partial charge in [0.2, 0.25) is 5.91 Å². The first-order valence-electron chi connectivity index (χ1n) is 8.07. The molecule has 0 saturated carbocycles. The molecule has 2 aromatic rings. The zero-order valence-electron chi connectivity index (χ0n) is 14.0. The fourth-order valence-electron chi connectivity index (χ4n) is 3.01. The highest BCUT2D eigenvalue weighted by atomic mass is 16.2. The van der Waals surface area contributed by atoms with Crippen molar-refractivity contribution in [2.45, 2.75) is 13.3 Å². The van der Waals surface area contributed by atoms with E-state index >= 15 is 0 Å². The van der Waals surface area contributed by atoms with E-state index < -0.39 is 0 Å². The molecule has 0 radical (unpaired) electrons. The molecular weight excluding hydrogens is 306 g/mol. The highest BCUT2D eigenvalue weighted by Crippen LogP contribution is 2.21. The third-order valence-electron chi connectivity index (χ3n) is 4.35. The van der Waals surface area contributed by atoms with E-state index in [1.54, 1.807) is 24.9 Å². The predicted octanol–water partition coefficient (Wildman–Crippen LogP) is 1.37. The van der Waals surface area contributed by atoms with Crippen molar-refractivity contribution < 1.29 is 9.59 Å². The molecule has 24 heavy (non-hydrogen) atoms. The van der Waals surface area contributed by atoms with Crippen LogP contribution in [-0.4, -0.2) is 64.8 Å². The summed E-state index contributed by atoms with van der Waals surface area (Å²) in [6.07, 6.45) is 2.28. The van der Waals surface area contributed by atoms with Gasteiger partial charge < -0.3 is 15.1 Å². The number of rotatable bonds is 2. The number of amides is 2. The maximum absolute atomic E-state index is 12.8. The number of anilines is 1. The van der Waals surface area contributed by atoms with Gasteiger partial charge in [0, 0.05) is 51.1 Å². The first kappa shape index (κ1) is 16.2. The molecule has 3 rings (SSSR count). The lowest BCUT2D eigenvalue weighted by atomic mass is 10.1. The molecule has 0 spiro atoms. The van der Waals surface area contributed by atoms with E-state index in [2.05, 4.69) is 15.3 Å². The second kappa shape index (κ2) is 6.82. The molecule has 1 aliphatic heterocycles. The molecule has 1 saturated heterocycles. The van der Waals surface area contributed by atoms with Crippen molar-refractivity contribution in [1.82, 2.24) is 19.8 Å². The number of carbonyl (C=O) groups excluding carboxylic acids is 2. The van der Waals surface area contributed by atoms with E-state index in [-0.39, 0.29) is 11.8 Å². The number of hydrogen-bond donors (Lipinski definition) is 1. The Bertz CT molecular complexity index is 777. The zero-order valence-corrected chi connectivity index (χ0v) is 14.0. The van der Waals surface area contributed by atoms with Crippen molar-refractivity contribution in [2.75, 3.05) is 38.5 Å². The van der Waals surface area contributed by atoms with E-state index in [0.717, 1.165) is 23.1 Å². The van der Waals surface area contributed by atoms with Gasteiger partial charge >= 0.3 is 0 Å². The van der Waals surface area contributed by atoms with E-state index in [4.69, 9.17) is 0 Å². The summed E-state index contributed by atoms with van der Waals surface area (Å²) < 4.78 is 0. The van der Waals surface area contributed by atoms with Crippen LogP contribution in [0, 0.1) is 0 Å². The number of carbonyl (C=O) groups is 2. The number of nitrogens with zero attached hydrogens (tertiary/aromatic N) is 4. The molecular formula is C17H21N5O2. The summed E-state index contributed by atoms with van der Waals surface area (Å²) in [6.45, 7) is 4.07. The lowest BCUT2D eigenvalue weighted by Gasteiger charge is -2.21. The Kier molecular flexibility index (Phi) is 4.59. The molecule has 0 unspecified atom stereocenters. The minimum atomic E-state index is -0.0214. The molecule has 0 atom stereocenters. The molecule has 7 nitrogen and oxygen atoms in total. The van der Waals surface area contributed by atoms with Crippen LogP contribution in [0.5, 0.6) is 0 Å². The first-order valence-corrected chi connectivity index (χ1v) is 8.07. The Morgan fingerprint density at radius 1 is 1.08 bits per heavy atom. The van der Waals surface area contributed by atoms with Gasteiger partial charge in [-0.05, 0) is 24.6 Å². The van der Waals surface area contributed by atoms with E-state index in [1.165, 1.54) is 6.33 Å². The van der Waals surface area contributed by atoms with Crippen LogP contribution in [0.3, 0.4) is 0 Å². The molecule has 1 aliphatic rings. The second-order valence-electron chi connectivity index (χ2n) is 5.86. The fraction of sp³-hybridized carbons (Fsp3) is 0.412. The van der Waals surface area contributed by atoms with Gasteiger partial charge in [-0.25, -0.2) is 9.97 Å². The molecule has 2 amide bonds. The van der Waals surface area contributed by atoms with Crippen molar-refractivity contribution in [3.63, 3.8) is 0 Å². The van der Waals surface area contributed by atoms with Crippen LogP contribution in [0.25, 0.3) is 10.9 Å². The van der Waals surface area contributed by atoms with Gasteiger partial charge in [-0.2, -0.15) is 0 Å².